The fraction of sp³-hybridized carbons (Fsp3) is 0.600. The molecule has 2 nitrogen and oxygen atoms in total. The van der Waals surface area contributed by atoms with Gasteiger partial charge < -0.3 is 10.2 Å². The van der Waals surface area contributed by atoms with Crippen molar-refractivity contribution in [1.29, 1.82) is 0 Å². The highest BCUT2D eigenvalue weighted by Crippen LogP contribution is 2.28. The van der Waals surface area contributed by atoms with Crippen molar-refractivity contribution in [3.05, 3.63) is 28.8 Å². The van der Waals surface area contributed by atoms with Crippen molar-refractivity contribution in [1.82, 2.24) is 5.32 Å². The monoisotopic (exact) mass is 300 g/mol. The van der Waals surface area contributed by atoms with Gasteiger partial charge in [-0.05, 0) is 43.8 Å². The molecule has 4 heteroatoms. The number of thioether (sulfide) groups is 1. The first-order chi connectivity index (χ1) is 9.10. The summed E-state index contributed by atoms with van der Waals surface area (Å²) in [6.45, 7) is 6.41. The molecule has 0 fully saturated rings. The first-order valence-electron chi connectivity index (χ1n) is 6.83. The average Bonchev–Trinajstić information content (AvgIpc) is 2.41. The van der Waals surface area contributed by atoms with Gasteiger partial charge in [-0.3, -0.25) is 0 Å². The SMILES string of the molecule is CCCNC(C)c1ccc(N(C)CCSC)c(Cl)c1. The third kappa shape index (κ3) is 5.25. The third-order valence-electron chi connectivity index (χ3n) is 3.21. The van der Waals surface area contributed by atoms with Gasteiger partial charge in [0.25, 0.3) is 0 Å². The van der Waals surface area contributed by atoms with E-state index >= 15 is 0 Å². The van der Waals surface area contributed by atoms with E-state index in [0.717, 1.165) is 36.0 Å². The molecule has 108 valence electrons. The van der Waals surface area contributed by atoms with E-state index in [-0.39, 0.29) is 0 Å². The second kappa shape index (κ2) is 8.72. The summed E-state index contributed by atoms with van der Waals surface area (Å²) >= 11 is 8.26. The van der Waals surface area contributed by atoms with Crippen LogP contribution in [0.25, 0.3) is 0 Å². The van der Waals surface area contributed by atoms with Crippen LogP contribution in [-0.2, 0) is 0 Å². The minimum Gasteiger partial charge on any atom is -0.373 e. The van der Waals surface area contributed by atoms with Gasteiger partial charge in [-0.2, -0.15) is 11.8 Å². The van der Waals surface area contributed by atoms with Crippen LogP contribution in [0.4, 0.5) is 5.69 Å². The Morgan fingerprint density at radius 2 is 2.16 bits per heavy atom. The molecule has 0 saturated carbocycles. The lowest BCUT2D eigenvalue weighted by molar-refractivity contribution is 0.571. The van der Waals surface area contributed by atoms with Crippen LogP contribution in [0.2, 0.25) is 5.02 Å². The standard InChI is InChI=1S/C15H25ClN2S/c1-5-8-17-12(2)13-6-7-15(14(16)11-13)18(3)9-10-19-4/h6-7,11-12,17H,5,8-10H2,1-4H3. The minimum atomic E-state index is 0.350. The molecule has 0 bridgehead atoms. The maximum atomic E-state index is 6.41. The maximum Gasteiger partial charge on any atom is 0.0642 e. The molecule has 0 aliphatic carbocycles. The van der Waals surface area contributed by atoms with Crippen LogP contribution in [0.15, 0.2) is 18.2 Å². The van der Waals surface area contributed by atoms with Crippen molar-refractivity contribution in [2.24, 2.45) is 0 Å². The van der Waals surface area contributed by atoms with Crippen molar-refractivity contribution < 1.29 is 0 Å². The lowest BCUT2D eigenvalue weighted by Gasteiger charge is -2.22. The van der Waals surface area contributed by atoms with Gasteiger partial charge in [0.05, 0.1) is 10.7 Å². The van der Waals surface area contributed by atoms with E-state index in [1.165, 1.54) is 5.56 Å². The molecule has 0 heterocycles. The summed E-state index contributed by atoms with van der Waals surface area (Å²) in [6.07, 6.45) is 3.27. The van der Waals surface area contributed by atoms with Crippen LogP contribution in [0.1, 0.15) is 31.9 Å². The van der Waals surface area contributed by atoms with Gasteiger partial charge >= 0.3 is 0 Å². The van der Waals surface area contributed by atoms with Crippen LogP contribution in [-0.4, -0.2) is 32.1 Å². The molecule has 0 radical (unpaired) electrons. The Hall–Kier alpha value is -0.380. The molecule has 0 spiro atoms. The van der Waals surface area contributed by atoms with Gasteiger partial charge in [-0.1, -0.05) is 24.6 Å². The molecule has 1 N–H and O–H groups in total. The number of halogens is 1. The Morgan fingerprint density at radius 3 is 2.74 bits per heavy atom. The summed E-state index contributed by atoms with van der Waals surface area (Å²) in [5, 5.41) is 4.32. The molecule has 1 aromatic rings. The zero-order valence-corrected chi connectivity index (χ0v) is 13.9. The van der Waals surface area contributed by atoms with Crippen LogP contribution in [0.3, 0.4) is 0 Å². The number of rotatable bonds is 8. The Labute approximate surface area is 126 Å². The van der Waals surface area contributed by atoms with Gasteiger partial charge in [0.2, 0.25) is 0 Å². The van der Waals surface area contributed by atoms with E-state index in [4.69, 9.17) is 11.6 Å². The molecule has 0 saturated heterocycles. The van der Waals surface area contributed by atoms with Gasteiger partial charge in [0, 0.05) is 25.4 Å². The number of anilines is 1. The van der Waals surface area contributed by atoms with Gasteiger partial charge in [-0.25, -0.2) is 0 Å². The summed E-state index contributed by atoms with van der Waals surface area (Å²) in [4.78, 5) is 2.22. The molecule has 19 heavy (non-hydrogen) atoms. The van der Waals surface area contributed by atoms with E-state index < -0.39 is 0 Å². The predicted octanol–water partition coefficient (Wildman–Crippen LogP) is 4.20. The molecule has 1 rings (SSSR count). The molecule has 1 aromatic carbocycles. The van der Waals surface area contributed by atoms with Crippen molar-refractivity contribution in [2.45, 2.75) is 26.3 Å². The first-order valence-corrected chi connectivity index (χ1v) is 8.60. The summed E-state index contributed by atoms with van der Waals surface area (Å²) in [7, 11) is 2.09. The van der Waals surface area contributed by atoms with Crippen LogP contribution in [0, 0.1) is 0 Å². The quantitative estimate of drug-likeness (QED) is 0.774. The normalized spacial score (nSPS) is 12.5. The van der Waals surface area contributed by atoms with Crippen LogP contribution < -0.4 is 10.2 Å². The Kier molecular flexibility index (Phi) is 7.66. The molecule has 0 aromatic heterocycles. The van der Waals surface area contributed by atoms with Crippen molar-refractivity contribution in [3.8, 4) is 0 Å². The number of hydrogen-bond donors (Lipinski definition) is 1. The summed E-state index contributed by atoms with van der Waals surface area (Å²) < 4.78 is 0. The van der Waals surface area contributed by atoms with Gasteiger partial charge in [-0.15, -0.1) is 0 Å². The molecular formula is C15H25ClN2S. The Balaban J connectivity index is 2.73. The molecule has 1 unspecified atom stereocenters. The second-order valence-corrected chi connectivity index (χ2v) is 6.19. The third-order valence-corrected chi connectivity index (χ3v) is 4.11. The molecular weight excluding hydrogens is 276 g/mol. The van der Waals surface area contributed by atoms with Crippen molar-refractivity contribution >= 4 is 29.1 Å². The predicted molar refractivity (Wildman–Crippen MR) is 89.8 cm³/mol. The first kappa shape index (κ1) is 16.7. The highest BCUT2D eigenvalue weighted by molar-refractivity contribution is 7.98. The van der Waals surface area contributed by atoms with Gasteiger partial charge in [0.15, 0.2) is 0 Å². The fourth-order valence-electron chi connectivity index (χ4n) is 1.93. The van der Waals surface area contributed by atoms with E-state index in [1.54, 1.807) is 0 Å². The molecule has 1 atom stereocenters. The zero-order valence-electron chi connectivity index (χ0n) is 12.4. The minimum absolute atomic E-state index is 0.350. The highest BCUT2D eigenvalue weighted by atomic mass is 35.5. The summed E-state index contributed by atoms with van der Waals surface area (Å²) in [5.41, 5.74) is 2.36. The molecule has 0 aliphatic rings. The fourth-order valence-corrected chi connectivity index (χ4v) is 2.72. The highest BCUT2D eigenvalue weighted by Gasteiger charge is 2.10. The van der Waals surface area contributed by atoms with E-state index in [0.29, 0.717) is 6.04 Å². The van der Waals surface area contributed by atoms with E-state index in [9.17, 15) is 0 Å². The number of nitrogens with one attached hydrogen (secondary N) is 1. The second-order valence-electron chi connectivity index (χ2n) is 4.80. The van der Waals surface area contributed by atoms with E-state index in [1.807, 2.05) is 11.8 Å². The topological polar surface area (TPSA) is 15.3 Å². The number of hydrogen-bond acceptors (Lipinski definition) is 3. The van der Waals surface area contributed by atoms with Gasteiger partial charge in [0.1, 0.15) is 0 Å². The average molecular weight is 301 g/mol. The van der Waals surface area contributed by atoms with Crippen molar-refractivity contribution in [2.75, 3.05) is 37.0 Å². The van der Waals surface area contributed by atoms with Crippen LogP contribution in [0.5, 0.6) is 0 Å². The number of nitrogens with zero attached hydrogens (tertiary/aromatic N) is 1. The molecule has 0 aliphatic heterocycles. The zero-order chi connectivity index (χ0) is 14.3. The Morgan fingerprint density at radius 1 is 1.42 bits per heavy atom. The van der Waals surface area contributed by atoms with Crippen LogP contribution >= 0.6 is 23.4 Å². The Bertz CT molecular complexity index is 384. The largest absolute Gasteiger partial charge is 0.373 e. The lowest BCUT2D eigenvalue weighted by atomic mass is 10.1. The summed E-state index contributed by atoms with van der Waals surface area (Å²) in [5.74, 6) is 1.11. The maximum absolute atomic E-state index is 6.41. The number of benzene rings is 1. The smallest absolute Gasteiger partial charge is 0.0642 e. The molecule has 0 amide bonds. The van der Waals surface area contributed by atoms with Crippen molar-refractivity contribution in [3.63, 3.8) is 0 Å². The lowest BCUT2D eigenvalue weighted by Crippen LogP contribution is -2.21. The summed E-state index contributed by atoms with van der Waals surface area (Å²) in [6, 6.07) is 6.73. The van der Waals surface area contributed by atoms with E-state index in [2.05, 4.69) is 55.6 Å².